The summed E-state index contributed by atoms with van der Waals surface area (Å²) < 4.78 is 0. The summed E-state index contributed by atoms with van der Waals surface area (Å²) in [5.74, 6) is 1.18. The summed E-state index contributed by atoms with van der Waals surface area (Å²) in [7, 11) is 0. The molecule has 2 rings (SSSR count). The van der Waals surface area contributed by atoms with Gasteiger partial charge < -0.3 is 5.32 Å². The van der Waals surface area contributed by atoms with Gasteiger partial charge in [0.2, 0.25) is 5.91 Å². The Morgan fingerprint density at radius 3 is 2.63 bits per heavy atom. The lowest BCUT2D eigenvalue weighted by molar-refractivity contribution is -0.120. The molecule has 1 fully saturated rings. The summed E-state index contributed by atoms with van der Waals surface area (Å²) in [6.45, 7) is 2.86. The van der Waals surface area contributed by atoms with Gasteiger partial charge in [-0.1, -0.05) is 42.7 Å². The first-order valence-electron chi connectivity index (χ1n) is 7.18. The van der Waals surface area contributed by atoms with Gasteiger partial charge in [0, 0.05) is 17.5 Å². The average molecular weight is 277 g/mol. The molecule has 0 heterocycles. The minimum Gasteiger partial charge on any atom is -0.355 e. The summed E-state index contributed by atoms with van der Waals surface area (Å²) in [5, 5.41) is 3.85. The molecule has 19 heavy (non-hydrogen) atoms. The lowest BCUT2D eigenvalue weighted by atomic mass is 10.1. The van der Waals surface area contributed by atoms with Crippen molar-refractivity contribution >= 4 is 17.7 Å². The normalized spacial score (nSPS) is 15.6. The van der Waals surface area contributed by atoms with Gasteiger partial charge in [-0.25, -0.2) is 0 Å². The summed E-state index contributed by atoms with van der Waals surface area (Å²) in [6, 6.07) is 8.17. The predicted molar refractivity (Wildman–Crippen MR) is 82.6 cm³/mol. The van der Waals surface area contributed by atoms with Crippen molar-refractivity contribution in [1.82, 2.24) is 5.32 Å². The van der Waals surface area contributed by atoms with Gasteiger partial charge in [-0.2, -0.15) is 11.8 Å². The second kappa shape index (κ2) is 7.59. The molecule has 0 atom stereocenters. The van der Waals surface area contributed by atoms with Crippen LogP contribution in [0.25, 0.3) is 0 Å². The van der Waals surface area contributed by atoms with Gasteiger partial charge in [0.05, 0.1) is 6.42 Å². The predicted octanol–water partition coefficient (Wildman–Crippen LogP) is 3.33. The van der Waals surface area contributed by atoms with E-state index in [0.717, 1.165) is 23.1 Å². The topological polar surface area (TPSA) is 29.1 Å². The largest absolute Gasteiger partial charge is 0.355 e. The fourth-order valence-corrected chi connectivity index (χ4v) is 3.64. The van der Waals surface area contributed by atoms with Crippen molar-refractivity contribution < 1.29 is 4.79 Å². The Bertz CT molecular complexity index is 396. The lowest BCUT2D eigenvalue weighted by Gasteiger charge is -2.09. The van der Waals surface area contributed by atoms with Gasteiger partial charge >= 0.3 is 0 Å². The van der Waals surface area contributed by atoms with E-state index in [2.05, 4.69) is 24.4 Å². The molecule has 1 N–H and O–H groups in total. The minimum atomic E-state index is 0.135. The molecule has 0 bridgehead atoms. The summed E-state index contributed by atoms with van der Waals surface area (Å²) in [4.78, 5) is 11.8. The number of thioether (sulfide) groups is 1. The zero-order valence-electron chi connectivity index (χ0n) is 11.7. The zero-order chi connectivity index (χ0) is 13.5. The Hall–Kier alpha value is -0.960. The van der Waals surface area contributed by atoms with Crippen LogP contribution in [-0.2, 0) is 11.2 Å². The first-order chi connectivity index (χ1) is 9.24. The van der Waals surface area contributed by atoms with Crippen molar-refractivity contribution in [2.75, 3.05) is 12.3 Å². The molecule has 0 radical (unpaired) electrons. The average Bonchev–Trinajstić information content (AvgIpc) is 2.91. The maximum absolute atomic E-state index is 11.8. The number of aryl methyl sites for hydroxylation is 1. The van der Waals surface area contributed by atoms with E-state index in [0.29, 0.717) is 6.42 Å². The van der Waals surface area contributed by atoms with Crippen LogP contribution in [0.5, 0.6) is 0 Å². The van der Waals surface area contributed by atoms with Crippen LogP contribution >= 0.6 is 11.8 Å². The van der Waals surface area contributed by atoms with Crippen molar-refractivity contribution in [2.24, 2.45) is 0 Å². The van der Waals surface area contributed by atoms with Crippen LogP contribution in [0, 0.1) is 6.92 Å². The molecule has 104 valence electrons. The minimum absolute atomic E-state index is 0.135. The number of hydrogen-bond donors (Lipinski definition) is 1. The van der Waals surface area contributed by atoms with E-state index >= 15 is 0 Å². The SMILES string of the molecule is Cc1ccc(CC(=O)NCCSC2CCCC2)cc1. The van der Waals surface area contributed by atoms with E-state index in [4.69, 9.17) is 0 Å². The fraction of sp³-hybridized carbons (Fsp3) is 0.562. The number of carbonyl (C=O) groups is 1. The number of hydrogen-bond acceptors (Lipinski definition) is 2. The Kier molecular flexibility index (Phi) is 5.77. The van der Waals surface area contributed by atoms with Gasteiger partial charge in [0.1, 0.15) is 0 Å². The van der Waals surface area contributed by atoms with Crippen molar-refractivity contribution in [2.45, 2.75) is 44.3 Å². The van der Waals surface area contributed by atoms with Gasteiger partial charge in [0.15, 0.2) is 0 Å². The van der Waals surface area contributed by atoms with Gasteiger partial charge in [0.25, 0.3) is 0 Å². The van der Waals surface area contributed by atoms with Crippen LogP contribution in [0.15, 0.2) is 24.3 Å². The molecule has 1 aromatic rings. The quantitative estimate of drug-likeness (QED) is 0.808. The second-order valence-electron chi connectivity index (χ2n) is 5.29. The molecule has 1 aromatic carbocycles. The molecule has 2 nitrogen and oxygen atoms in total. The Balaban J connectivity index is 1.60. The van der Waals surface area contributed by atoms with Crippen LogP contribution in [0.1, 0.15) is 36.8 Å². The molecule has 1 aliphatic rings. The highest BCUT2D eigenvalue weighted by molar-refractivity contribution is 7.99. The summed E-state index contributed by atoms with van der Waals surface area (Å²) >= 11 is 2.02. The van der Waals surface area contributed by atoms with E-state index in [9.17, 15) is 4.79 Å². The number of amides is 1. The van der Waals surface area contributed by atoms with Crippen molar-refractivity contribution in [1.29, 1.82) is 0 Å². The lowest BCUT2D eigenvalue weighted by Crippen LogP contribution is -2.27. The number of rotatable bonds is 6. The standard InChI is InChI=1S/C16H23NOS/c1-13-6-8-14(9-7-13)12-16(18)17-10-11-19-15-4-2-3-5-15/h6-9,15H,2-5,10-12H2,1H3,(H,17,18). The monoisotopic (exact) mass is 277 g/mol. The van der Waals surface area contributed by atoms with E-state index in [-0.39, 0.29) is 5.91 Å². The van der Waals surface area contributed by atoms with E-state index in [1.54, 1.807) is 0 Å². The molecule has 0 unspecified atom stereocenters. The van der Waals surface area contributed by atoms with E-state index in [1.807, 2.05) is 23.9 Å². The summed E-state index contributed by atoms with van der Waals surface area (Å²) in [6.07, 6.45) is 5.99. The maximum Gasteiger partial charge on any atom is 0.224 e. The highest BCUT2D eigenvalue weighted by atomic mass is 32.2. The first-order valence-corrected chi connectivity index (χ1v) is 8.23. The fourth-order valence-electron chi connectivity index (χ4n) is 2.42. The molecule has 0 spiro atoms. The highest BCUT2D eigenvalue weighted by Crippen LogP contribution is 2.28. The molecule has 1 amide bonds. The van der Waals surface area contributed by atoms with E-state index < -0.39 is 0 Å². The Labute approximate surface area is 120 Å². The molecule has 3 heteroatoms. The molecule has 0 saturated heterocycles. The molecular weight excluding hydrogens is 254 g/mol. The number of carbonyl (C=O) groups excluding carboxylic acids is 1. The second-order valence-corrected chi connectivity index (χ2v) is 6.70. The third-order valence-electron chi connectivity index (χ3n) is 3.57. The smallest absolute Gasteiger partial charge is 0.224 e. The van der Waals surface area contributed by atoms with E-state index in [1.165, 1.54) is 31.2 Å². The molecule has 0 aliphatic heterocycles. The highest BCUT2D eigenvalue weighted by Gasteiger charge is 2.14. The van der Waals surface area contributed by atoms with Crippen LogP contribution in [0.2, 0.25) is 0 Å². The van der Waals surface area contributed by atoms with Gasteiger partial charge in [-0.3, -0.25) is 4.79 Å². The number of benzene rings is 1. The van der Waals surface area contributed by atoms with Crippen LogP contribution < -0.4 is 5.32 Å². The third-order valence-corrected chi connectivity index (χ3v) is 4.95. The summed E-state index contributed by atoms with van der Waals surface area (Å²) in [5.41, 5.74) is 2.32. The number of nitrogens with one attached hydrogen (secondary N) is 1. The molecule has 0 aromatic heterocycles. The first kappa shape index (κ1) is 14.4. The maximum atomic E-state index is 11.8. The van der Waals surface area contributed by atoms with Crippen molar-refractivity contribution in [3.63, 3.8) is 0 Å². The Morgan fingerprint density at radius 2 is 1.95 bits per heavy atom. The Morgan fingerprint density at radius 1 is 1.26 bits per heavy atom. The third kappa shape index (κ3) is 5.27. The molecule has 1 aliphatic carbocycles. The van der Waals surface area contributed by atoms with Crippen LogP contribution in [0.3, 0.4) is 0 Å². The zero-order valence-corrected chi connectivity index (χ0v) is 12.5. The van der Waals surface area contributed by atoms with Crippen molar-refractivity contribution in [3.8, 4) is 0 Å². The van der Waals surface area contributed by atoms with Crippen molar-refractivity contribution in [3.05, 3.63) is 35.4 Å². The van der Waals surface area contributed by atoms with Gasteiger partial charge in [-0.15, -0.1) is 0 Å². The molecular formula is C16H23NOS. The van der Waals surface area contributed by atoms with Crippen LogP contribution in [0.4, 0.5) is 0 Å². The molecule has 1 saturated carbocycles. The van der Waals surface area contributed by atoms with Crippen LogP contribution in [-0.4, -0.2) is 23.5 Å². The van der Waals surface area contributed by atoms with Gasteiger partial charge in [-0.05, 0) is 25.3 Å².